The van der Waals surface area contributed by atoms with Crippen molar-refractivity contribution in [1.29, 1.82) is 0 Å². The van der Waals surface area contributed by atoms with Crippen molar-refractivity contribution in [3.8, 4) is 5.75 Å². The third-order valence-electron chi connectivity index (χ3n) is 3.02. The molecule has 0 spiro atoms. The van der Waals surface area contributed by atoms with Crippen LogP contribution in [0.5, 0.6) is 5.75 Å². The summed E-state index contributed by atoms with van der Waals surface area (Å²) in [4.78, 5) is 24.3. The van der Waals surface area contributed by atoms with E-state index in [1.165, 1.54) is 4.90 Å². The van der Waals surface area contributed by atoms with Crippen LogP contribution >= 0.6 is 0 Å². The van der Waals surface area contributed by atoms with E-state index in [4.69, 9.17) is 14.6 Å². The summed E-state index contributed by atoms with van der Waals surface area (Å²) in [6, 6.07) is 9.24. The van der Waals surface area contributed by atoms with Crippen LogP contribution in [0.4, 0.5) is 0 Å². The zero-order valence-electron chi connectivity index (χ0n) is 11.0. The third kappa shape index (κ3) is 3.96. The Kier molecular flexibility index (Phi) is 4.95. The molecular formula is C14H17NO5. The van der Waals surface area contributed by atoms with Gasteiger partial charge in [0.15, 0.2) is 6.10 Å². The fourth-order valence-corrected chi connectivity index (χ4v) is 1.96. The molecule has 1 unspecified atom stereocenters. The first-order valence-electron chi connectivity index (χ1n) is 6.47. The minimum Gasteiger partial charge on any atom is -0.493 e. The number of carboxylic acid groups (broad SMARTS) is 1. The number of aliphatic carboxylic acids is 1. The molecule has 1 aromatic rings. The molecule has 20 heavy (non-hydrogen) atoms. The highest BCUT2D eigenvalue weighted by Gasteiger charge is 2.28. The lowest BCUT2D eigenvalue weighted by Gasteiger charge is -2.30. The van der Waals surface area contributed by atoms with Gasteiger partial charge in [-0.05, 0) is 12.1 Å². The van der Waals surface area contributed by atoms with Crippen molar-refractivity contribution in [3.05, 3.63) is 30.3 Å². The zero-order chi connectivity index (χ0) is 14.4. The van der Waals surface area contributed by atoms with E-state index in [-0.39, 0.29) is 32.1 Å². The second-order valence-electron chi connectivity index (χ2n) is 4.45. The highest BCUT2D eigenvalue weighted by Crippen LogP contribution is 2.10. The van der Waals surface area contributed by atoms with Crippen molar-refractivity contribution >= 4 is 11.9 Å². The second kappa shape index (κ2) is 6.91. The van der Waals surface area contributed by atoms with Gasteiger partial charge in [-0.1, -0.05) is 18.2 Å². The number of hydrogen-bond donors (Lipinski definition) is 1. The fourth-order valence-electron chi connectivity index (χ4n) is 1.96. The Balaban J connectivity index is 1.75. The maximum absolute atomic E-state index is 12.0. The van der Waals surface area contributed by atoms with Gasteiger partial charge in [0, 0.05) is 6.54 Å². The largest absolute Gasteiger partial charge is 0.493 e. The van der Waals surface area contributed by atoms with Crippen LogP contribution in [-0.4, -0.2) is 54.3 Å². The highest BCUT2D eigenvalue weighted by molar-refractivity contribution is 5.78. The Morgan fingerprint density at radius 3 is 2.80 bits per heavy atom. The van der Waals surface area contributed by atoms with Crippen molar-refractivity contribution in [3.63, 3.8) is 0 Å². The van der Waals surface area contributed by atoms with E-state index in [9.17, 15) is 9.59 Å². The number of hydrogen-bond acceptors (Lipinski definition) is 4. The molecule has 0 aliphatic carbocycles. The van der Waals surface area contributed by atoms with Crippen molar-refractivity contribution in [1.82, 2.24) is 4.90 Å². The normalized spacial score (nSPS) is 18.6. The molecule has 0 radical (unpaired) electrons. The van der Waals surface area contributed by atoms with Crippen LogP contribution in [0.15, 0.2) is 30.3 Å². The molecule has 6 heteroatoms. The summed E-state index contributed by atoms with van der Waals surface area (Å²) < 4.78 is 10.5. The van der Waals surface area contributed by atoms with Gasteiger partial charge in [-0.2, -0.15) is 0 Å². The van der Waals surface area contributed by atoms with E-state index in [1.54, 1.807) is 0 Å². The van der Waals surface area contributed by atoms with Gasteiger partial charge in [0.2, 0.25) is 5.91 Å². The number of carbonyl (C=O) groups is 2. The fraction of sp³-hybridized carbons (Fsp3) is 0.429. The van der Waals surface area contributed by atoms with Crippen LogP contribution < -0.4 is 4.74 Å². The Hall–Kier alpha value is -2.08. The molecule has 6 nitrogen and oxygen atoms in total. The summed E-state index contributed by atoms with van der Waals surface area (Å²) >= 11 is 0. The number of nitrogens with zero attached hydrogens (tertiary/aromatic N) is 1. The SMILES string of the molecule is O=C(O)C1CN(C(=O)CCOc2ccccc2)CCO1. The quantitative estimate of drug-likeness (QED) is 0.861. The number of para-hydroxylation sites is 1. The lowest BCUT2D eigenvalue weighted by Crippen LogP contribution is -2.48. The van der Waals surface area contributed by atoms with Gasteiger partial charge in [-0.15, -0.1) is 0 Å². The van der Waals surface area contributed by atoms with E-state index < -0.39 is 12.1 Å². The molecule has 108 valence electrons. The van der Waals surface area contributed by atoms with Crippen molar-refractivity contribution in [2.75, 3.05) is 26.3 Å². The van der Waals surface area contributed by atoms with Crippen molar-refractivity contribution in [2.24, 2.45) is 0 Å². The first-order chi connectivity index (χ1) is 9.66. The maximum atomic E-state index is 12.0. The van der Waals surface area contributed by atoms with Gasteiger partial charge in [-0.3, -0.25) is 4.79 Å². The van der Waals surface area contributed by atoms with Crippen molar-refractivity contribution in [2.45, 2.75) is 12.5 Å². The Morgan fingerprint density at radius 2 is 2.10 bits per heavy atom. The molecule has 1 N–H and O–H groups in total. The Morgan fingerprint density at radius 1 is 1.35 bits per heavy atom. The Labute approximate surface area is 116 Å². The van der Waals surface area contributed by atoms with Crippen LogP contribution in [0.3, 0.4) is 0 Å². The number of morpholine rings is 1. The molecule has 2 rings (SSSR count). The summed E-state index contributed by atoms with van der Waals surface area (Å²) in [5.41, 5.74) is 0. The van der Waals surface area contributed by atoms with Crippen LogP contribution in [0.1, 0.15) is 6.42 Å². The van der Waals surface area contributed by atoms with E-state index in [1.807, 2.05) is 30.3 Å². The molecule has 1 atom stereocenters. The molecule has 0 bridgehead atoms. The van der Waals surface area contributed by atoms with Crippen LogP contribution in [0.2, 0.25) is 0 Å². The third-order valence-corrected chi connectivity index (χ3v) is 3.02. The predicted octanol–water partition coefficient (Wildman–Crippen LogP) is 0.767. The van der Waals surface area contributed by atoms with E-state index >= 15 is 0 Å². The molecule has 1 aliphatic heterocycles. The molecule has 1 aromatic carbocycles. The van der Waals surface area contributed by atoms with Gasteiger partial charge >= 0.3 is 5.97 Å². The molecule has 0 aromatic heterocycles. The van der Waals surface area contributed by atoms with E-state index in [2.05, 4.69) is 0 Å². The molecular weight excluding hydrogens is 262 g/mol. The standard InChI is InChI=1S/C14H17NO5/c16-13(6-8-19-11-4-2-1-3-5-11)15-7-9-20-12(10-15)14(17)18/h1-5,12H,6-10H2,(H,17,18). The summed E-state index contributed by atoms with van der Waals surface area (Å²) in [5.74, 6) is -0.441. The van der Waals surface area contributed by atoms with Gasteiger partial charge in [0.25, 0.3) is 0 Å². The van der Waals surface area contributed by atoms with Gasteiger partial charge in [0.1, 0.15) is 5.75 Å². The van der Waals surface area contributed by atoms with Crippen LogP contribution in [0, 0.1) is 0 Å². The van der Waals surface area contributed by atoms with Gasteiger partial charge in [-0.25, -0.2) is 4.79 Å². The zero-order valence-corrected chi connectivity index (χ0v) is 11.0. The summed E-state index contributed by atoms with van der Waals surface area (Å²) in [6.07, 6.45) is -0.705. The summed E-state index contributed by atoms with van der Waals surface area (Å²) in [5, 5.41) is 8.87. The van der Waals surface area contributed by atoms with E-state index in [0.717, 1.165) is 0 Å². The molecule has 1 amide bonds. The minimum atomic E-state index is -1.04. The molecule has 1 heterocycles. The second-order valence-corrected chi connectivity index (χ2v) is 4.45. The number of amides is 1. The van der Waals surface area contributed by atoms with E-state index in [0.29, 0.717) is 12.3 Å². The average Bonchev–Trinajstić information content (AvgIpc) is 2.48. The number of carboxylic acids is 1. The molecule has 1 aliphatic rings. The summed E-state index contributed by atoms with van der Waals surface area (Å²) in [7, 11) is 0. The smallest absolute Gasteiger partial charge is 0.334 e. The topological polar surface area (TPSA) is 76.1 Å². The first kappa shape index (κ1) is 14.3. The van der Waals surface area contributed by atoms with Gasteiger partial charge < -0.3 is 19.5 Å². The molecule has 1 saturated heterocycles. The lowest BCUT2D eigenvalue weighted by molar-refractivity contribution is -0.159. The number of benzene rings is 1. The van der Waals surface area contributed by atoms with Crippen LogP contribution in [0.25, 0.3) is 0 Å². The minimum absolute atomic E-state index is 0.0967. The highest BCUT2D eigenvalue weighted by atomic mass is 16.5. The predicted molar refractivity (Wildman–Crippen MR) is 70.5 cm³/mol. The average molecular weight is 279 g/mol. The molecule has 1 fully saturated rings. The monoisotopic (exact) mass is 279 g/mol. The first-order valence-corrected chi connectivity index (χ1v) is 6.47. The van der Waals surface area contributed by atoms with Gasteiger partial charge in [0.05, 0.1) is 26.2 Å². The summed E-state index contributed by atoms with van der Waals surface area (Å²) in [6.45, 7) is 1.05. The maximum Gasteiger partial charge on any atom is 0.334 e. The van der Waals surface area contributed by atoms with Crippen molar-refractivity contribution < 1.29 is 24.2 Å². The lowest BCUT2D eigenvalue weighted by atomic mass is 10.2. The molecule has 0 saturated carbocycles. The Bertz CT molecular complexity index is 462. The van der Waals surface area contributed by atoms with Crippen LogP contribution in [-0.2, 0) is 14.3 Å². The number of ether oxygens (including phenoxy) is 2. The number of rotatable bonds is 5. The number of carbonyl (C=O) groups excluding carboxylic acids is 1.